The zero-order chi connectivity index (χ0) is 15.5. The quantitative estimate of drug-likeness (QED) is 0.729. The molecule has 0 aliphatic heterocycles. The van der Waals surface area contributed by atoms with Crippen molar-refractivity contribution in [2.45, 2.75) is 44.6 Å². The first-order valence-corrected chi connectivity index (χ1v) is 7.26. The fourth-order valence-corrected chi connectivity index (χ4v) is 2.93. The Hall–Kier alpha value is -2.04. The van der Waals surface area contributed by atoms with E-state index in [2.05, 4.69) is 36.6 Å². The van der Waals surface area contributed by atoms with Crippen molar-refractivity contribution in [1.82, 2.24) is 10.6 Å². The molecule has 1 unspecified atom stereocenters. The number of carbonyl (C=O) groups excluding carboxylic acids is 1. The molecular weight excluding hydrogens is 268 g/mol. The highest BCUT2D eigenvalue weighted by molar-refractivity contribution is 5.75. The van der Waals surface area contributed by atoms with E-state index in [-0.39, 0.29) is 23.9 Å². The van der Waals surface area contributed by atoms with Gasteiger partial charge in [0, 0.05) is 13.0 Å². The fraction of sp³-hybridized carbons (Fsp3) is 0.500. The SMILES string of the molecule is CC1(C)CC(NC(=O)NCCCC(=O)O)c2ccccc21. The molecule has 0 spiro atoms. The van der Waals surface area contributed by atoms with Crippen molar-refractivity contribution in [2.75, 3.05) is 6.54 Å². The van der Waals surface area contributed by atoms with E-state index in [4.69, 9.17) is 5.11 Å². The molecule has 0 radical (unpaired) electrons. The molecule has 1 aromatic rings. The molecule has 0 saturated carbocycles. The highest BCUT2D eigenvalue weighted by atomic mass is 16.4. The van der Waals surface area contributed by atoms with Gasteiger partial charge in [-0.1, -0.05) is 38.1 Å². The molecule has 5 nitrogen and oxygen atoms in total. The number of urea groups is 1. The first-order valence-electron chi connectivity index (χ1n) is 7.26. The summed E-state index contributed by atoms with van der Waals surface area (Å²) in [5.74, 6) is -0.844. The first-order chi connectivity index (χ1) is 9.90. The highest BCUT2D eigenvalue weighted by Crippen LogP contribution is 2.44. The van der Waals surface area contributed by atoms with E-state index in [0.29, 0.717) is 13.0 Å². The Labute approximate surface area is 124 Å². The summed E-state index contributed by atoms with van der Waals surface area (Å²) in [5, 5.41) is 14.2. The topological polar surface area (TPSA) is 78.4 Å². The molecule has 3 N–H and O–H groups in total. The Balaban J connectivity index is 1.89. The van der Waals surface area contributed by atoms with Crippen molar-refractivity contribution in [3.05, 3.63) is 35.4 Å². The van der Waals surface area contributed by atoms with Gasteiger partial charge in [0.05, 0.1) is 6.04 Å². The Morgan fingerprint density at radius 1 is 1.33 bits per heavy atom. The van der Waals surface area contributed by atoms with Crippen molar-refractivity contribution >= 4 is 12.0 Å². The molecule has 0 bridgehead atoms. The maximum atomic E-state index is 11.9. The summed E-state index contributed by atoms with van der Waals surface area (Å²) in [5.41, 5.74) is 2.50. The zero-order valence-corrected chi connectivity index (χ0v) is 12.5. The maximum Gasteiger partial charge on any atom is 0.315 e. The fourth-order valence-electron chi connectivity index (χ4n) is 2.93. The molecule has 0 fully saturated rings. The van der Waals surface area contributed by atoms with Gasteiger partial charge < -0.3 is 15.7 Å². The summed E-state index contributed by atoms with van der Waals surface area (Å²) >= 11 is 0. The molecule has 1 aromatic carbocycles. The zero-order valence-electron chi connectivity index (χ0n) is 12.5. The van der Waals surface area contributed by atoms with E-state index >= 15 is 0 Å². The third kappa shape index (κ3) is 3.74. The summed E-state index contributed by atoms with van der Waals surface area (Å²) in [7, 11) is 0. The lowest BCUT2D eigenvalue weighted by molar-refractivity contribution is -0.137. The molecule has 0 aromatic heterocycles. The third-order valence-corrected chi connectivity index (χ3v) is 3.94. The predicted octanol–water partition coefficient (Wildman–Crippen LogP) is 2.57. The van der Waals surface area contributed by atoms with Crippen LogP contribution in [0.25, 0.3) is 0 Å². The largest absolute Gasteiger partial charge is 0.481 e. The average Bonchev–Trinajstić information content (AvgIpc) is 2.67. The Morgan fingerprint density at radius 3 is 2.76 bits per heavy atom. The van der Waals surface area contributed by atoms with Crippen LogP contribution in [0.5, 0.6) is 0 Å². The van der Waals surface area contributed by atoms with E-state index in [1.165, 1.54) is 11.1 Å². The number of carbonyl (C=O) groups is 2. The molecule has 1 aliphatic carbocycles. The second-order valence-corrected chi connectivity index (χ2v) is 6.13. The number of aliphatic carboxylic acids is 1. The number of hydrogen-bond donors (Lipinski definition) is 3. The molecular formula is C16H22N2O3. The van der Waals surface area contributed by atoms with Gasteiger partial charge in [0.15, 0.2) is 0 Å². The number of rotatable bonds is 5. The number of amides is 2. The van der Waals surface area contributed by atoms with Crippen LogP contribution in [0.15, 0.2) is 24.3 Å². The lowest BCUT2D eigenvalue weighted by Gasteiger charge is -2.19. The average molecular weight is 290 g/mol. The number of carboxylic acids is 1. The lowest BCUT2D eigenvalue weighted by Crippen LogP contribution is -2.38. The van der Waals surface area contributed by atoms with Crippen molar-refractivity contribution in [3.63, 3.8) is 0 Å². The smallest absolute Gasteiger partial charge is 0.315 e. The minimum absolute atomic E-state index is 0.00988. The lowest BCUT2D eigenvalue weighted by atomic mass is 9.86. The number of nitrogens with one attached hydrogen (secondary N) is 2. The minimum atomic E-state index is -0.844. The van der Waals surface area contributed by atoms with E-state index in [9.17, 15) is 9.59 Å². The molecule has 0 heterocycles. The second-order valence-electron chi connectivity index (χ2n) is 6.13. The Morgan fingerprint density at radius 2 is 2.05 bits per heavy atom. The number of fused-ring (bicyclic) bond motifs is 1. The number of benzene rings is 1. The summed E-state index contributed by atoms with van der Waals surface area (Å²) in [6.45, 7) is 4.73. The summed E-state index contributed by atoms with van der Waals surface area (Å²) in [6.07, 6.45) is 1.38. The molecule has 2 amide bonds. The normalized spacial score (nSPS) is 18.9. The van der Waals surface area contributed by atoms with Gasteiger partial charge in [0.2, 0.25) is 0 Å². The predicted molar refractivity (Wildman–Crippen MR) is 80.2 cm³/mol. The molecule has 5 heteroatoms. The van der Waals surface area contributed by atoms with Crippen LogP contribution in [-0.4, -0.2) is 23.7 Å². The van der Waals surface area contributed by atoms with Crippen molar-refractivity contribution in [2.24, 2.45) is 0 Å². The minimum Gasteiger partial charge on any atom is -0.481 e. The first kappa shape index (κ1) is 15.4. The number of hydrogen-bond acceptors (Lipinski definition) is 2. The van der Waals surface area contributed by atoms with Crippen molar-refractivity contribution in [1.29, 1.82) is 0 Å². The van der Waals surface area contributed by atoms with Crippen LogP contribution < -0.4 is 10.6 Å². The molecule has 0 saturated heterocycles. The summed E-state index contributed by atoms with van der Waals surface area (Å²) in [6, 6.07) is 7.95. The molecule has 114 valence electrons. The van der Waals surface area contributed by atoms with Gasteiger partial charge in [-0.05, 0) is 29.4 Å². The van der Waals surface area contributed by atoms with Crippen LogP contribution >= 0.6 is 0 Å². The van der Waals surface area contributed by atoms with E-state index < -0.39 is 5.97 Å². The van der Waals surface area contributed by atoms with Gasteiger partial charge in [-0.15, -0.1) is 0 Å². The van der Waals surface area contributed by atoms with Gasteiger partial charge in [-0.3, -0.25) is 4.79 Å². The van der Waals surface area contributed by atoms with Crippen LogP contribution in [0.2, 0.25) is 0 Å². The van der Waals surface area contributed by atoms with E-state index in [1.54, 1.807) is 0 Å². The van der Waals surface area contributed by atoms with Crippen LogP contribution in [-0.2, 0) is 10.2 Å². The third-order valence-electron chi connectivity index (χ3n) is 3.94. The Kier molecular flexibility index (Phi) is 4.50. The van der Waals surface area contributed by atoms with Gasteiger partial charge in [0.1, 0.15) is 0 Å². The van der Waals surface area contributed by atoms with Crippen LogP contribution in [0.4, 0.5) is 4.79 Å². The van der Waals surface area contributed by atoms with E-state index in [0.717, 1.165) is 6.42 Å². The molecule has 1 aliphatic rings. The van der Waals surface area contributed by atoms with Crippen molar-refractivity contribution < 1.29 is 14.7 Å². The monoisotopic (exact) mass is 290 g/mol. The van der Waals surface area contributed by atoms with Gasteiger partial charge in [-0.25, -0.2) is 4.79 Å². The number of carboxylic acid groups (broad SMARTS) is 1. The van der Waals surface area contributed by atoms with Crippen LogP contribution in [0.3, 0.4) is 0 Å². The molecule has 2 rings (SSSR count). The molecule has 21 heavy (non-hydrogen) atoms. The summed E-state index contributed by atoms with van der Waals surface area (Å²) < 4.78 is 0. The highest BCUT2D eigenvalue weighted by Gasteiger charge is 2.36. The van der Waals surface area contributed by atoms with Crippen LogP contribution in [0, 0.1) is 0 Å². The van der Waals surface area contributed by atoms with Gasteiger partial charge in [0.25, 0.3) is 0 Å². The Bertz CT molecular complexity index is 540. The van der Waals surface area contributed by atoms with Crippen LogP contribution in [0.1, 0.15) is 50.3 Å². The molecule has 1 atom stereocenters. The van der Waals surface area contributed by atoms with E-state index in [1.807, 2.05) is 12.1 Å². The second kappa shape index (κ2) is 6.16. The van der Waals surface area contributed by atoms with Gasteiger partial charge in [-0.2, -0.15) is 0 Å². The summed E-state index contributed by atoms with van der Waals surface area (Å²) in [4.78, 5) is 22.3. The maximum absolute atomic E-state index is 11.9. The van der Waals surface area contributed by atoms with Gasteiger partial charge >= 0.3 is 12.0 Å². The van der Waals surface area contributed by atoms with Crippen molar-refractivity contribution in [3.8, 4) is 0 Å². The standard InChI is InChI=1S/C16H22N2O3/c1-16(2)10-13(11-6-3-4-7-12(11)16)18-15(21)17-9-5-8-14(19)20/h3-4,6-7,13H,5,8-10H2,1-2H3,(H,19,20)(H2,17,18,21).